The molecule has 5 nitrogen and oxygen atoms in total. The summed E-state index contributed by atoms with van der Waals surface area (Å²) in [6.45, 7) is 4.54. The minimum atomic E-state index is -0.104. The summed E-state index contributed by atoms with van der Waals surface area (Å²) in [7, 11) is 0. The van der Waals surface area contributed by atoms with Gasteiger partial charge in [0.15, 0.2) is 0 Å². The minimum Gasteiger partial charge on any atom is -0.351 e. The van der Waals surface area contributed by atoms with Crippen LogP contribution in [-0.2, 0) is 4.79 Å². The van der Waals surface area contributed by atoms with E-state index < -0.39 is 0 Å². The second-order valence-corrected chi connectivity index (χ2v) is 7.43. The Kier molecular flexibility index (Phi) is 7.19. The van der Waals surface area contributed by atoms with Gasteiger partial charge in [-0.05, 0) is 17.0 Å². The van der Waals surface area contributed by atoms with Crippen LogP contribution in [0.4, 0.5) is 0 Å². The lowest BCUT2D eigenvalue weighted by molar-refractivity contribution is -0.132. The molecule has 1 aliphatic rings. The predicted octanol–water partition coefficient (Wildman–Crippen LogP) is 2.73. The number of thiophene rings is 1. The molecule has 1 aromatic heterocycles. The molecule has 0 bridgehead atoms. The lowest BCUT2D eigenvalue weighted by atomic mass is 10.2. The number of hydrogen-bond donors (Lipinski definition) is 1. The number of carbonyl (C=O) groups excluding carboxylic acids is 2. The third-order valence-electron chi connectivity index (χ3n) is 4.57. The molecule has 3 rings (SSSR count). The molecule has 142 valence electrons. The van der Waals surface area contributed by atoms with Gasteiger partial charge in [0.1, 0.15) is 0 Å². The first-order chi connectivity index (χ1) is 13.2. The second-order valence-electron chi connectivity index (χ2n) is 6.48. The van der Waals surface area contributed by atoms with Crippen LogP contribution in [-0.4, -0.2) is 60.9 Å². The molecule has 0 saturated carbocycles. The number of benzene rings is 1. The Labute approximate surface area is 164 Å². The van der Waals surface area contributed by atoms with Gasteiger partial charge in [0.2, 0.25) is 5.91 Å². The van der Waals surface area contributed by atoms with E-state index in [1.807, 2.05) is 34.5 Å². The fraction of sp³-hybridized carbons (Fsp3) is 0.333. The zero-order valence-electron chi connectivity index (χ0n) is 15.3. The van der Waals surface area contributed by atoms with Crippen LogP contribution in [0.3, 0.4) is 0 Å². The smallest absolute Gasteiger partial charge is 0.261 e. The van der Waals surface area contributed by atoms with Crippen molar-refractivity contribution in [3.05, 3.63) is 64.4 Å². The van der Waals surface area contributed by atoms with Crippen molar-refractivity contribution in [1.29, 1.82) is 0 Å². The highest BCUT2D eigenvalue weighted by Gasteiger charge is 2.20. The Morgan fingerprint density at radius 2 is 1.81 bits per heavy atom. The van der Waals surface area contributed by atoms with E-state index in [1.54, 1.807) is 6.07 Å². The third-order valence-corrected chi connectivity index (χ3v) is 5.44. The van der Waals surface area contributed by atoms with Crippen LogP contribution >= 0.6 is 11.3 Å². The van der Waals surface area contributed by atoms with E-state index in [0.717, 1.165) is 32.7 Å². The first-order valence-corrected chi connectivity index (χ1v) is 10.1. The van der Waals surface area contributed by atoms with Crippen molar-refractivity contribution in [3.63, 3.8) is 0 Å². The highest BCUT2D eigenvalue weighted by Crippen LogP contribution is 2.08. The summed E-state index contributed by atoms with van der Waals surface area (Å²) in [5, 5.41) is 4.68. The van der Waals surface area contributed by atoms with Gasteiger partial charge in [0.05, 0.1) is 4.88 Å². The zero-order chi connectivity index (χ0) is 18.9. The van der Waals surface area contributed by atoms with Crippen molar-refractivity contribution in [2.24, 2.45) is 0 Å². The highest BCUT2D eigenvalue weighted by atomic mass is 32.1. The van der Waals surface area contributed by atoms with E-state index in [1.165, 1.54) is 16.9 Å². The Morgan fingerprint density at radius 1 is 1.04 bits per heavy atom. The monoisotopic (exact) mass is 383 g/mol. The number of amides is 2. The largest absolute Gasteiger partial charge is 0.351 e. The molecule has 1 fully saturated rings. The summed E-state index contributed by atoms with van der Waals surface area (Å²) < 4.78 is 0. The molecule has 0 aliphatic carbocycles. The standard InChI is InChI=1S/C21H25N3O2S/c25-20(10-11-22-21(26)19-9-5-17-27-19)24-15-13-23(14-16-24)12-4-8-18-6-2-1-3-7-18/h1-9,17H,10-16H2,(H,22,26). The normalized spacial score (nSPS) is 15.2. The van der Waals surface area contributed by atoms with Crippen LogP contribution in [0.1, 0.15) is 21.7 Å². The molecule has 1 aromatic carbocycles. The third kappa shape index (κ3) is 6.05. The second kappa shape index (κ2) is 10.0. The Balaban J connectivity index is 1.33. The lowest BCUT2D eigenvalue weighted by Crippen LogP contribution is -2.49. The zero-order valence-corrected chi connectivity index (χ0v) is 16.2. The summed E-state index contributed by atoms with van der Waals surface area (Å²) >= 11 is 1.40. The Morgan fingerprint density at radius 3 is 2.52 bits per heavy atom. The SMILES string of the molecule is O=C(NCCC(=O)N1CCN(CC=Cc2ccccc2)CC1)c1cccs1. The lowest BCUT2D eigenvalue weighted by Gasteiger charge is -2.34. The number of carbonyl (C=O) groups is 2. The molecule has 6 heteroatoms. The van der Waals surface area contributed by atoms with Gasteiger partial charge in [-0.2, -0.15) is 0 Å². The van der Waals surface area contributed by atoms with E-state index in [-0.39, 0.29) is 11.8 Å². The molecule has 2 amide bonds. The van der Waals surface area contributed by atoms with Gasteiger partial charge in [-0.3, -0.25) is 14.5 Å². The molecule has 1 N–H and O–H groups in total. The fourth-order valence-corrected chi connectivity index (χ4v) is 3.66. The van der Waals surface area contributed by atoms with Gasteiger partial charge in [-0.1, -0.05) is 48.6 Å². The first kappa shape index (κ1) is 19.3. The minimum absolute atomic E-state index is 0.104. The first-order valence-electron chi connectivity index (χ1n) is 9.26. The van der Waals surface area contributed by atoms with Gasteiger partial charge in [0.25, 0.3) is 5.91 Å². The van der Waals surface area contributed by atoms with Gasteiger partial charge >= 0.3 is 0 Å². The van der Waals surface area contributed by atoms with E-state index in [2.05, 4.69) is 34.5 Å². The van der Waals surface area contributed by atoms with Crippen molar-refractivity contribution >= 4 is 29.2 Å². The number of rotatable bonds is 7. The van der Waals surface area contributed by atoms with E-state index >= 15 is 0 Å². The maximum Gasteiger partial charge on any atom is 0.261 e. The maximum absolute atomic E-state index is 12.3. The van der Waals surface area contributed by atoms with Crippen LogP contribution in [0.25, 0.3) is 6.08 Å². The molecule has 0 spiro atoms. The summed E-state index contributed by atoms with van der Waals surface area (Å²) in [5.74, 6) is 0.00813. The summed E-state index contributed by atoms with van der Waals surface area (Å²) in [6, 6.07) is 13.9. The summed E-state index contributed by atoms with van der Waals surface area (Å²) in [6.07, 6.45) is 4.66. The van der Waals surface area contributed by atoms with Crippen molar-refractivity contribution in [2.75, 3.05) is 39.3 Å². The quantitative estimate of drug-likeness (QED) is 0.800. The number of hydrogen-bond acceptors (Lipinski definition) is 4. The van der Waals surface area contributed by atoms with Crippen molar-refractivity contribution in [2.45, 2.75) is 6.42 Å². The molecule has 1 saturated heterocycles. The molecular formula is C21H25N3O2S. The molecule has 0 unspecified atom stereocenters. The van der Waals surface area contributed by atoms with E-state index in [9.17, 15) is 9.59 Å². The van der Waals surface area contributed by atoms with Crippen molar-refractivity contribution in [3.8, 4) is 0 Å². The Bertz CT molecular complexity index is 751. The van der Waals surface area contributed by atoms with Crippen molar-refractivity contribution in [1.82, 2.24) is 15.1 Å². The van der Waals surface area contributed by atoms with E-state index in [4.69, 9.17) is 0 Å². The molecule has 0 radical (unpaired) electrons. The van der Waals surface area contributed by atoms with Crippen LogP contribution in [0.5, 0.6) is 0 Å². The van der Waals surface area contributed by atoms with Gasteiger partial charge in [-0.15, -0.1) is 11.3 Å². The molecule has 0 atom stereocenters. The molecule has 27 heavy (non-hydrogen) atoms. The van der Waals surface area contributed by atoms with Crippen LogP contribution in [0.15, 0.2) is 53.9 Å². The predicted molar refractivity (Wildman–Crippen MR) is 110 cm³/mol. The maximum atomic E-state index is 12.3. The summed E-state index contributed by atoms with van der Waals surface area (Å²) in [4.78, 5) is 29.1. The molecule has 2 aromatic rings. The van der Waals surface area contributed by atoms with Crippen LogP contribution in [0, 0.1) is 0 Å². The Hall–Kier alpha value is -2.44. The molecular weight excluding hydrogens is 358 g/mol. The fourth-order valence-electron chi connectivity index (χ4n) is 3.02. The number of nitrogens with one attached hydrogen (secondary N) is 1. The van der Waals surface area contributed by atoms with Gasteiger partial charge in [-0.25, -0.2) is 0 Å². The number of nitrogens with zero attached hydrogens (tertiary/aromatic N) is 2. The van der Waals surface area contributed by atoms with Gasteiger partial charge in [0, 0.05) is 45.7 Å². The van der Waals surface area contributed by atoms with Gasteiger partial charge < -0.3 is 10.2 Å². The topological polar surface area (TPSA) is 52.7 Å². The molecule has 2 heterocycles. The van der Waals surface area contributed by atoms with Crippen LogP contribution in [0.2, 0.25) is 0 Å². The molecule has 1 aliphatic heterocycles. The van der Waals surface area contributed by atoms with Crippen molar-refractivity contribution < 1.29 is 9.59 Å². The van der Waals surface area contributed by atoms with E-state index in [0.29, 0.717) is 17.8 Å². The number of piperazine rings is 1. The average molecular weight is 384 g/mol. The van der Waals surface area contributed by atoms with Crippen LogP contribution < -0.4 is 5.32 Å². The highest BCUT2D eigenvalue weighted by molar-refractivity contribution is 7.12. The summed E-state index contributed by atoms with van der Waals surface area (Å²) in [5.41, 5.74) is 1.20. The average Bonchev–Trinajstić information content (AvgIpc) is 3.24.